The first-order valence-corrected chi connectivity index (χ1v) is 8.61. The molecule has 0 spiro atoms. The summed E-state index contributed by atoms with van der Waals surface area (Å²) in [4.78, 5) is 23.0. The number of carbonyl (C=O) groups is 1. The lowest BCUT2D eigenvalue weighted by atomic mass is 9.99. The summed E-state index contributed by atoms with van der Waals surface area (Å²) in [5, 5.41) is 15.6. The van der Waals surface area contributed by atoms with Crippen LogP contribution in [-0.4, -0.2) is 17.4 Å². The molecule has 0 aliphatic carbocycles. The zero-order valence-electron chi connectivity index (χ0n) is 14.6. The summed E-state index contributed by atoms with van der Waals surface area (Å²) in [7, 11) is 0. The van der Waals surface area contributed by atoms with Gasteiger partial charge in [-0.25, -0.2) is 0 Å². The van der Waals surface area contributed by atoms with E-state index in [-0.39, 0.29) is 29.9 Å². The summed E-state index contributed by atoms with van der Waals surface area (Å²) < 4.78 is 0. The number of hydrogen-bond donors (Lipinski definition) is 2. The third kappa shape index (κ3) is 4.77. The van der Waals surface area contributed by atoms with Crippen LogP contribution in [0.25, 0.3) is 0 Å². The smallest absolute Gasteiger partial charge is 0.292 e. The second-order valence-corrected chi connectivity index (χ2v) is 6.06. The van der Waals surface area contributed by atoms with Gasteiger partial charge in [0.25, 0.3) is 11.6 Å². The SMILES string of the molecule is O=C(C[NH2+]C(c1ccccc1)c1ccccc1)Nc1ccccc1[N+](=O)[O-]. The fourth-order valence-corrected chi connectivity index (χ4v) is 2.95. The average molecular weight is 362 g/mol. The molecule has 0 radical (unpaired) electrons. The predicted molar refractivity (Wildman–Crippen MR) is 103 cm³/mol. The van der Waals surface area contributed by atoms with E-state index in [0.717, 1.165) is 11.1 Å². The molecule has 3 N–H and O–H groups in total. The van der Waals surface area contributed by atoms with Gasteiger partial charge >= 0.3 is 0 Å². The number of quaternary nitrogens is 1. The van der Waals surface area contributed by atoms with Crippen LogP contribution in [-0.2, 0) is 4.79 Å². The Bertz CT molecular complexity index is 875. The number of rotatable bonds is 7. The van der Waals surface area contributed by atoms with Crippen LogP contribution in [0.3, 0.4) is 0 Å². The lowest BCUT2D eigenvalue weighted by molar-refractivity contribution is -0.676. The fourth-order valence-electron chi connectivity index (χ4n) is 2.95. The molecule has 0 aromatic heterocycles. The van der Waals surface area contributed by atoms with E-state index in [0.29, 0.717) is 0 Å². The zero-order chi connectivity index (χ0) is 19.1. The number of anilines is 1. The molecule has 3 aromatic rings. The van der Waals surface area contributed by atoms with Crippen LogP contribution in [0, 0.1) is 10.1 Å². The Kier molecular flexibility index (Phi) is 5.91. The normalized spacial score (nSPS) is 10.6. The second-order valence-electron chi connectivity index (χ2n) is 6.06. The van der Waals surface area contributed by atoms with Crippen molar-refractivity contribution in [1.29, 1.82) is 0 Å². The van der Waals surface area contributed by atoms with Gasteiger partial charge in [0.1, 0.15) is 11.7 Å². The molecule has 0 bridgehead atoms. The number of para-hydroxylation sites is 2. The van der Waals surface area contributed by atoms with Crippen molar-refractivity contribution in [2.45, 2.75) is 6.04 Å². The van der Waals surface area contributed by atoms with Crippen molar-refractivity contribution in [2.24, 2.45) is 0 Å². The van der Waals surface area contributed by atoms with Crippen molar-refractivity contribution < 1.29 is 15.0 Å². The molecule has 1 amide bonds. The van der Waals surface area contributed by atoms with Gasteiger partial charge in [0.05, 0.1) is 4.92 Å². The Labute approximate surface area is 157 Å². The van der Waals surface area contributed by atoms with Gasteiger partial charge < -0.3 is 10.6 Å². The van der Waals surface area contributed by atoms with Crippen LogP contribution in [0.15, 0.2) is 84.9 Å². The number of nitrogens with two attached hydrogens (primary N) is 1. The molecule has 0 unspecified atom stereocenters. The summed E-state index contributed by atoms with van der Waals surface area (Å²) in [5.41, 5.74) is 2.26. The lowest BCUT2D eigenvalue weighted by Gasteiger charge is -2.16. The molecular weight excluding hydrogens is 342 g/mol. The topological polar surface area (TPSA) is 88.8 Å². The molecule has 27 heavy (non-hydrogen) atoms. The molecule has 0 fully saturated rings. The number of nitro groups is 1. The van der Waals surface area contributed by atoms with E-state index in [1.54, 1.807) is 12.1 Å². The monoisotopic (exact) mass is 362 g/mol. The van der Waals surface area contributed by atoms with E-state index in [1.807, 2.05) is 66.0 Å². The molecule has 0 aliphatic rings. The van der Waals surface area contributed by atoms with E-state index in [1.165, 1.54) is 12.1 Å². The molecule has 6 nitrogen and oxygen atoms in total. The zero-order valence-corrected chi connectivity index (χ0v) is 14.6. The van der Waals surface area contributed by atoms with Crippen molar-refractivity contribution in [3.05, 3.63) is 106 Å². The van der Waals surface area contributed by atoms with Crippen molar-refractivity contribution >= 4 is 17.3 Å². The van der Waals surface area contributed by atoms with Crippen molar-refractivity contribution in [3.63, 3.8) is 0 Å². The van der Waals surface area contributed by atoms with Crippen LogP contribution in [0.1, 0.15) is 17.2 Å². The first kappa shape index (κ1) is 18.3. The Hall–Kier alpha value is -3.51. The summed E-state index contributed by atoms with van der Waals surface area (Å²) >= 11 is 0. The first-order valence-electron chi connectivity index (χ1n) is 8.61. The van der Waals surface area contributed by atoms with Gasteiger partial charge in [-0.1, -0.05) is 72.8 Å². The Morgan fingerprint density at radius 2 is 1.41 bits per heavy atom. The van der Waals surface area contributed by atoms with Gasteiger partial charge in [0.15, 0.2) is 6.54 Å². The summed E-state index contributed by atoms with van der Waals surface area (Å²) in [6.07, 6.45) is 0. The predicted octanol–water partition coefficient (Wildman–Crippen LogP) is 2.89. The molecule has 0 atom stereocenters. The maximum atomic E-state index is 12.4. The van der Waals surface area contributed by atoms with Crippen LogP contribution in [0.5, 0.6) is 0 Å². The number of nitrogens with zero attached hydrogens (tertiary/aromatic N) is 1. The van der Waals surface area contributed by atoms with E-state index in [4.69, 9.17) is 0 Å². The van der Waals surface area contributed by atoms with Crippen molar-refractivity contribution in [1.82, 2.24) is 0 Å². The molecule has 0 heterocycles. The van der Waals surface area contributed by atoms with E-state index in [9.17, 15) is 14.9 Å². The molecular formula is C21H20N3O3+. The third-order valence-corrected chi connectivity index (χ3v) is 4.23. The van der Waals surface area contributed by atoms with Gasteiger partial charge in [0.2, 0.25) is 0 Å². The summed E-state index contributed by atoms with van der Waals surface area (Å²) in [6.45, 7) is 0.139. The van der Waals surface area contributed by atoms with E-state index >= 15 is 0 Å². The van der Waals surface area contributed by atoms with Crippen LogP contribution >= 0.6 is 0 Å². The van der Waals surface area contributed by atoms with Gasteiger partial charge in [0, 0.05) is 17.2 Å². The number of amides is 1. The van der Waals surface area contributed by atoms with Crippen LogP contribution in [0.2, 0.25) is 0 Å². The van der Waals surface area contributed by atoms with Gasteiger partial charge in [-0.05, 0) is 6.07 Å². The van der Waals surface area contributed by atoms with E-state index in [2.05, 4.69) is 5.32 Å². The largest absolute Gasteiger partial charge is 0.328 e. The third-order valence-electron chi connectivity index (χ3n) is 4.23. The highest BCUT2D eigenvalue weighted by Gasteiger charge is 2.20. The molecule has 136 valence electrons. The maximum absolute atomic E-state index is 12.4. The number of nitrogens with one attached hydrogen (secondary N) is 1. The average Bonchev–Trinajstić information content (AvgIpc) is 2.70. The second kappa shape index (κ2) is 8.73. The fraction of sp³-hybridized carbons (Fsp3) is 0.0952. The van der Waals surface area contributed by atoms with Crippen molar-refractivity contribution in [3.8, 4) is 0 Å². The molecule has 0 aliphatic heterocycles. The van der Waals surface area contributed by atoms with Crippen LogP contribution < -0.4 is 10.6 Å². The molecule has 3 rings (SSSR count). The lowest BCUT2D eigenvalue weighted by Crippen LogP contribution is -2.87. The number of benzene rings is 3. The molecule has 3 aromatic carbocycles. The first-order chi connectivity index (χ1) is 13.1. The minimum Gasteiger partial charge on any atom is -0.328 e. The molecule has 0 saturated heterocycles. The molecule has 6 heteroatoms. The molecule has 0 saturated carbocycles. The van der Waals surface area contributed by atoms with Crippen LogP contribution in [0.4, 0.5) is 11.4 Å². The maximum Gasteiger partial charge on any atom is 0.292 e. The van der Waals surface area contributed by atoms with Gasteiger partial charge in [-0.15, -0.1) is 0 Å². The summed E-state index contributed by atoms with van der Waals surface area (Å²) in [5.74, 6) is -0.291. The Balaban J connectivity index is 1.73. The quantitative estimate of drug-likeness (QED) is 0.500. The number of nitro benzene ring substituents is 1. The Morgan fingerprint density at radius 3 is 1.96 bits per heavy atom. The highest BCUT2D eigenvalue weighted by Crippen LogP contribution is 2.23. The van der Waals surface area contributed by atoms with E-state index < -0.39 is 4.92 Å². The van der Waals surface area contributed by atoms with Crippen molar-refractivity contribution in [2.75, 3.05) is 11.9 Å². The highest BCUT2D eigenvalue weighted by molar-refractivity contribution is 5.93. The van der Waals surface area contributed by atoms with Gasteiger partial charge in [-0.3, -0.25) is 14.9 Å². The standard InChI is InChI=1S/C21H19N3O3/c25-20(23-18-13-7-8-14-19(18)24(26)27)15-22-21(16-9-3-1-4-10-16)17-11-5-2-6-12-17/h1-14,21-22H,15H2,(H,23,25)/p+1. The Morgan fingerprint density at radius 1 is 0.889 bits per heavy atom. The minimum absolute atomic E-state index is 0.0380. The van der Waals surface area contributed by atoms with Gasteiger partial charge in [-0.2, -0.15) is 0 Å². The number of hydrogen-bond acceptors (Lipinski definition) is 3. The summed E-state index contributed by atoms with van der Waals surface area (Å²) in [6, 6.07) is 25.9. The highest BCUT2D eigenvalue weighted by atomic mass is 16.6. The number of carbonyl (C=O) groups excluding carboxylic acids is 1. The minimum atomic E-state index is -0.504.